The third-order valence-corrected chi connectivity index (χ3v) is 6.79. The Labute approximate surface area is 148 Å². The van der Waals surface area contributed by atoms with Crippen molar-refractivity contribution in [2.24, 2.45) is 0 Å². The number of thioether (sulfide) groups is 2. The molecule has 0 saturated carbocycles. The van der Waals surface area contributed by atoms with Crippen LogP contribution in [0.1, 0.15) is 31.4 Å². The van der Waals surface area contributed by atoms with Crippen LogP contribution in [0.4, 0.5) is 5.69 Å². The van der Waals surface area contributed by atoms with Gasteiger partial charge in [-0.2, -0.15) is 0 Å². The van der Waals surface area contributed by atoms with Gasteiger partial charge in [0.05, 0.1) is 5.25 Å². The van der Waals surface area contributed by atoms with E-state index in [4.69, 9.17) is 0 Å². The molecule has 0 fully saturated rings. The molecule has 4 nitrogen and oxygen atoms in total. The molecule has 3 rings (SSSR count). The second-order valence-corrected chi connectivity index (χ2v) is 9.43. The van der Waals surface area contributed by atoms with Gasteiger partial charge in [-0.3, -0.25) is 4.79 Å². The maximum atomic E-state index is 12.4. The average molecular weight is 366 g/mol. The molecule has 23 heavy (non-hydrogen) atoms. The molecule has 1 amide bonds. The van der Waals surface area contributed by atoms with E-state index in [2.05, 4.69) is 34.6 Å². The molecule has 1 atom stereocenters. The SMILES string of the molecule is CCSc1nnc(S[C@@H](C)C(=O)Nc2ccc3c(c2)CCC3)s1. The predicted molar refractivity (Wildman–Crippen MR) is 98.7 cm³/mol. The molecule has 7 heteroatoms. The normalized spacial score (nSPS) is 14.5. The number of benzene rings is 1. The van der Waals surface area contributed by atoms with Gasteiger partial charge in [-0.15, -0.1) is 10.2 Å². The van der Waals surface area contributed by atoms with Crippen molar-refractivity contribution in [2.45, 2.75) is 47.0 Å². The Morgan fingerprint density at radius 1 is 1.30 bits per heavy atom. The van der Waals surface area contributed by atoms with Gasteiger partial charge < -0.3 is 5.32 Å². The zero-order valence-corrected chi connectivity index (χ0v) is 15.6. The number of aromatic nitrogens is 2. The molecular weight excluding hydrogens is 346 g/mol. The molecule has 1 aromatic carbocycles. The summed E-state index contributed by atoms with van der Waals surface area (Å²) in [5, 5.41) is 11.1. The summed E-state index contributed by atoms with van der Waals surface area (Å²) in [4.78, 5) is 12.4. The highest BCUT2D eigenvalue weighted by molar-refractivity contribution is 8.03. The largest absolute Gasteiger partial charge is 0.325 e. The average Bonchev–Trinajstić information content (AvgIpc) is 3.16. The minimum atomic E-state index is -0.198. The van der Waals surface area contributed by atoms with Crippen molar-refractivity contribution in [3.63, 3.8) is 0 Å². The van der Waals surface area contributed by atoms with E-state index in [1.54, 1.807) is 23.1 Å². The summed E-state index contributed by atoms with van der Waals surface area (Å²) in [5.41, 5.74) is 3.68. The number of aryl methyl sites for hydroxylation is 2. The number of fused-ring (bicyclic) bond motifs is 1. The first-order chi connectivity index (χ1) is 11.2. The molecule has 0 bridgehead atoms. The van der Waals surface area contributed by atoms with Crippen LogP contribution in [0.15, 0.2) is 26.9 Å². The van der Waals surface area contributed by atoms with Crippen molar-refractivity contribution in [1.29, 1.82) is 0 Å². The van der Waals surface area contributed by atoms with Crippen LogP contribution in [0.3, 0.4) is 0 Å². The van der Waals surface area contributed by atoms with E-state index >= 15 is 0 Å². The monoisotopic (exact) mass is 365 g/mol. The fourth-order valence-corrected chi connectivity index (χ4v) is 5.59. The smallest absolute Gasteiger partial charge is 0.237 e. The summed E-state index contributed by atoms with van der Waals surface area (Å²) >= 11 is 4.69. The highest BCUT2D eigenvalue weighted by Gasteiger charge is 2.18. The Morgan fingerprint density at radius 2 is 2.09 bits per heavy atom. The highest BCUT2D eigenvalue weighted by atomic mass is 32.2. The van der Waals surface area contributed by atoms with Crippen LogP contribution >= 0.6 is 34.9 Å². The van der Waals surface area contributed by atoms with Crippen LogP contribution in [0, 0.1) is 0 Å². The molecule has 1 heterocycles. The van der Waals surface area contributed by atoms with E-state index in [-0.39, 0.29) is 11.2 Å². The summed E-state index contributed by atoms with van der Waals surface area (Å²) in [6.07, 6.45) is 3.49. The molecule has 1 aliphatic rings. The zero-order valence-electron chi connectivity index (χ0n) is 13.2. The van der Waals surface area contributed by atoms with E-state index in [0.717, 1.165) is 33.0 Å². The second-order valence-electron chi connectivity index (χ2n) is 5.35. The van der Waals surface area contributed by atoms with E-state index in [1.807, 2.05) is 13.0 Å². The Kier molecular flexibility index (Phi) is 5.61. The lowest BCUT2D eigenvalue weighted by Crippen LogP contribution is -2.22. The lowest BCUT2D eigenvalue weighted by Gasteiger charge is -2.11. The van der Waals surface area contributed by atoms with Gasteiger partial charge in [-0.25, -0.2) is 0 Å². The van der Waals surface area contributed by atoms with E-state index in [1.165, 1.54) is 29.3 Å². The number of carbonyl (C=O) groups excluding carboxylic acids is 1. The van der Waals surface area contributed by atoms with Crippen LogP contribution in [-0.4, -0.2) is 27.1 Å². The fourth-order valence-electron chi connectivity index (χ4n) is 2.52. The predicted octanol–water partition coefficient (Wildman–Crippen LogP) is 4.26. The van der Waals surface area contributed by atoms with Gasteiger partial charge in [0, 0.05) is 5.69 Å². The quantitative estimate of drug-likeness (QED) is 0.775. The molecule has 1 aromatic heterocycles. The van der Waals surface area contributed by atoms with Crippen LogP contribution in [-0.2, 0) is 17.6 Å². The van der Waals surface area contributed by atoms with Gasteiger partial charge in [-0.05, 0) is 55.2 Å². The molecule has 0 unspecified atom stereocenters. The van der Waals surface area contributed by atoms with Gasteiger partial charge in [0.15, 0.2) is 8.68 Å². The van der Waals surface area contributed by atoms with Crippen molar-refractivity contribution < 1.29 is 4.79 Å². The zero-order chi connectivity index (χ0) is 16.2. The Balaban J connectivity index is 1.58. The van der Waals surface area contributed by atoms with Gasteiger partial charge in [0.2, 0.25) is 5.91 Å². The molecule has 2 aromatic rings. The van der Waals surface area contributed by atoms with Crippen LogP contribution in [0.5, 0.6) is 0 Å². The molecule has 0 saturated heterocycles. The third kappa shape index (κ3) is 4.28. The summed E-state index contributed by atoms with van der Waals surface area (Å²) in [6, 6.07) is 6.24. The maximum Gasteiger partial charge on any atom is 0.237 e. The molecule has 0 aliphatic heterocycles. The van der Waals surface area contributed by atoms with Crippen molar-refractivity contribution in [3.8, 4) is 0 Å². The standard InChI is InChI=1S/C16H19N3OS3/c1-3-21-15-18-19-16(23-15)22-10(2)14(20)17-13-8-7-11-5-4-6-12(11)9-13/h7-10H,3-6H2,1-2H3,(H,17,20)/t10-/m0/s1. The number of nitrogens with one attached hydrogen (secondary N) is 1. The van der Waals surface area contributed by atoms with Crippen molar-refractivity contribution in [3.05, 3.63) is 29.3 Å². The third-order valence-electron chi connectivity index (χ3n) is 3.67. The molecular formula is C16H19N3OS3. The molecule has 0 spiro atoms. The first-order valence-electron chi connectivity index (χ1n) is 7.71. The first-order valence-corrected chi connectivity index (χ1v) is 10.4. The Morgan fingerprint density at radius 3 is 2.91 bits per heavy atom. The first kappa shape index (κ1) is 16.8. The topological polar surface area (TPSA) is 54.9 Å². The number of amides is 1. The molecule has 0 radical (unpaired) electrons. The van der Waals surface area contributed by atoms with Gasteiger partial charge in [0.1, 0.15) is 0 Å². The number of rotatable bonds is 6. The highest BCUT2D eigenvalue weighted by Crippen LogP contribution is 2.31. The Hall–Kier alpha value is -1.05. The summed E-state index contributed by atoms with van der Waals surface area (Å²) in [7, 11) is 0. The lowest BCUT2D eigenvalue weighted by atomic mass is 10.1. The van der Waals surface area contributed by atoms with Crippen molar-refractivity contribution in [2.75, 3.05) is 11.1 Å². The van der Waals surface area contributed by atoms with Gasteiger partial charge in [0.25, 0.3) is 0 Å². The van der Waals surface area contributed by atoms with E-state index < -0.39 is 0 Å². The number of hydrogen-bond acceptors (Lipinski definition) is 6. The van der Waals surface area contributed by atoms with Crippen molar-refractivity contribution in [1.82, 2.24) is 10.2 Å². The number of nitrogens with zero attached hydrogens (tertiary/aromatic N) is 2. The summed E-state index contributed by atoms with van der Waals surface area (Å²) in [5.74, 6) is 0.987. The Bertz CT molecular complexity index is 702. The van der Waals surface area contributed by atoms with Crippen LogP contribution < -0.4 is 5.32 Å². The number of carbonyl (C=O) groups is 1. The molecule has 1 N–H and O–H groups in total. The minimum Gasteiger partial charge on any atom is -0.325 e. The maximum absolute atomic E-state index is 12.4. The minimum absolute atomic E-state index is 0.00726. The van der Waals surface area contributed by atoms with E-state index in [0.29, 0.717) is 0 Å². The summed E-state index contributed by atoms with van der Waals surface area (Å²) in [6.45, 7) is 3.99. The fraction of sp³-hybridized carbons (Fsp3) is 0.438. The van der Waals surface area contributed by atoms with Gasteiger partial charge in [-0.1, -0.05) is 47.9 Å². The number of hydrogen-bond donors (Lipinski definition) is 1. The summed E-state index contributed by atoms with van der Waals surface area (Å²) < 4.78 is 1.80. The number of anilines is 1. The second kappa shape index (κ2) is 7.68. The van der Waals surface area contributed by atoms with Crippen LogP contribution in [0.2, 0.25) is 0 Å². The molecule has 1 aliphatic carbocycles. The molecule has 122 valence electrons. The van der Waals surface area contributed by atoms with Crippen LogP contribution in [0.25, 0.3) is 0 Å². The van der Waals surface area contributed by atoms with Gasteiger partial charge >= 0.3 is 0 Å². The van der Waals surface area contributed by atoms with E-state index in [9.17, 15) is 4.79 Å². The van der Waals surface area contributed by atoms with Crippen molar-refractivity contribution >= 4 is 46.5 Å². The lowest BCUT2D eigenvalue weighted by molar-refractivity contribution is -0.115.